The summed E-state index contributed by atoms with van der Waals surface area (Å²) in [4.78, 5) is 9.57. The second-order valence-electron chi connectivity index (χ2n) is 4.11. The minimum Gasteiger partial charge on any atom is -0.497 e. The first-order valence-corrected chi connectivity index (χ1v) is 6.94. The predicted octanol–water partition coefficient (Wildman–Crippen LogP) is 4.33. The normalized spacial score (nSPS) is 10.9. The van der Waals surface area contributed by atoms with Gasteiger partial charge in [0.2, 0.25) is 0 Å². The summed E-state index contributed by atoms with van der Waals surface area (Å²) in [6.45, 7) is 2.07. The van der Waals surface area contributed by atoms with Crippen LogP contribution in [0.1, 0.15) is 4.88 Å². The number of methoxy groups -OCH3 is 1. The minimum absolute atomic E-state index is 0.507. The van der Waals surface area contributed by atoms with Gasteiger partial charge in [-0.05, 0) is 24.6 Å². The summed E-state index contributed by atoms with van der Waals surface area (Å²) < 4.78 is 6.20. The molecule has 0 bridgehead atoms. The quantitative estimate of drug-likeness (QED) is 0.659. The molecule has 2 aromatic heterocycles. The van der Waals surface area contributed by atoms with E-state index in [9.17, 15) is 0 Å². The van der Waals surface area contributed by atoms with Gasteiger partial charge in [-0.2, -0.15) is 0 Å². The zero-order valence-corrected chi connectivity index (χ0v) is 12.0. The molecule has 3 nitrogen and oxygen atoms in total. The lowest BCUT2D eigenvalue weighted by Gasteiger charge is -2.04. The van der Waals surface area contributed by atoms with Gasteiger partial charge in [0, 0.05) is 10.4 Å². The van der Waals surface area contributed by atoms with Crippen molar-refractivity contribution < 1.29 is 4.74 Å². The van der Waals surface area contributed by atoms with Crippen LogP contribution in [0.25, 0.3) is 21.3 Å². The minimum atomic E-state index is 0.507. The number of ether oxygens (including phenoxy) is 1. The fraction of sp³-hybridized carbons (Fsp3) is 0.143. The van der Waals surface area contributed by atoms with E-state index in [4.69, 9.17) is 16.3 Å². The van der Waals surface area contributed by atoms with E-state index in [1.165, 1.54) is 11.2 Å². The average molecular weight is 291 g/mol. The topological polar surface area (TPSA) is 35.0 Å². The monoisotopic (exact) mass is 290 g/mol. The van der Waals surface area contributed by atoms with Gasteiger partial charge in [-0.25, -0.2) is 9.97 Å². The Bertz CT molecular complexity index is 754. The second kappa shape index (κ2) is 4.79. The SMILES string of the molecule is COc1cccc(-c2c(C)sc3c(Cl)ncnc23)c1. The van der Waals surface area contributed by atoms with Crippen LogP contribution in [0.5, 0.6) is 5.75 Å². The van der Waals surface area contributed by atoms with Gasteiger partial charge in [-0.3, -0.25) is 0 Å². The Kier molecular flexibility index (Phi) is 3.12. The van der Waals surface area contributed by atoms with E-state index >= 15 is 0 Å². The lowest BCUT2D eigenvalue weighted by molar-refractivity contribution is 0.415. The number of thiophene rings is 1. The molecule has 19 heavy (non-hydrogen) atoms. The Labute approximate surface area is 119 Å². The molecule has 96 valence electrons. The van der Waals surface area contributed by atoms with Crippen LogP contribution in [0.2, 0.25) is 5.15 Å². The number of aryl methyl sites for hydroxylation is 1. The molecule has 3 rings (SSSR count). The molecule has 0 radical (unpaired) electrons. The fourth-order valence-corrected chi connectivity index (χ4v) is 3.37. The van der Waals surface area contributed by atoms with E-state index in [1.807, 2.05) is 24.3 Å². The van der Waals surface area contributed by atoms with E-state index < -0.39 is 0 Å². The molecule has 0 unspecified atom stereocenters. The first-order valence-electron chi connectivity index (χ1n) is 5.74. The van der Waals surface area contributed by atoms with E-state index in [-0.39, 0.29) is 0 Å². The third kappa shape index (κ3) is 2.07. The van der Waals surface area contributed by atoms with Crippen molar-refractivity contribution in [1.82, 2.24) is 9.97 Å². The third-order valence-corrected chi connectivity index (χ3v) is 4.46. The average Bonchev–Trinajstić information content (AvgIpc) is 2.77. The summed E-state index contributed by atoms with van der Waals surface area (Å²) >= 11 is 7.74. The molecule has 0 aliphatic carbocycles. The molecule has 0 N–H and O–H groups in total. The fourth-order valence-electron chi connectivity index (χ4n) is 2.11. The molecule has 5 heteroatoms. The van der Waals surface area contributed by atoms with Crippen LogP contribution < -0.4 is 4.74 Å². The molecule has 0 fully saturated rings. The van der Waals surface area contributed by atoms with E-state index in [2.05, 4.69) is 16.9 Å². The highest BCUT2D eigenvalue weighted by Crippen LogP contribution is 2.39. The van der Waals surface area contributed by atoms with Crippen molar-refractivity contribution >= 4 is 33.2 Å². The van der Waals surface area contributed by atoms with Gasteiger partial charge in [0.25, 0.3) is 0 Å². The molecule has 0 atom stereocenters. The van der Waals surface area contributed by atoms with Crippen molar-refractivity contribution in [2.24, 2.45) is 0 Å². The van der Waals surface area contributed by atoms with Crippen molar-refractivity contribution in [1.29, 1.82) is 0 Å². The smallest absolute Gasteiger partial charge is 0.150 e. The zero-order valence-electron chi connectivity index (χ0n) is 10.5. The molecule has 2 heterocycles. The molecule has 0 spiro atoms. The molecular formula is C14H11ClN2OS. The maximum absolute atomic E-state index is 6.12. The summed E-state index contributed by atoms with van der Waals surface area (Å²) in [7, 11) is 1.66. The van der Waals surface area contributed by atoms with Crippen LogP contribution in [0.4, 0.5) is 0 Å². The highest BCUT2D eigenvalue weighted by Gasteiger charge is 2.15. The van der Waals surface area contributed by atoms with Gasteiger partial charge in [0.1, 0.15) is 17.2 Å². The number of nitrogens with zero attached hydrogens (tertiary/aromatic N) is 2. The van der Waals surface area contributed by atoms with Gasteiger partial charge in [-0.1, -0.05) is 23.7 Å². The highest BCUT2D eigenvalue weighted by molar-refractivity contribution is 7.20. The number of aromatic nitrogens is 2. The van der Waals surface area contributed by atoms with Crippen molar-refractivity contribution in [2.45, 2.75) is 6.92 Å². The van der Waals surface area contributed by atoms with Crippen LogP contribution in [0.15, 0.2) is 30.6 Å². The molecule has 0 saturated heterocycles. The largest absolute Gasteiger partial charge is 0.497 e. The number of hydrogen-bond donors (Lipinski definition) is 0. The number of hydrogen-bond acceptors (Lipinski definition) is 4. The van der Waals surface area contributed by atoms with Gasteiger partial charge in [0.05, 0.1) is 17.3 Å². The van der Waals surface area contributed by atoms with E-state index in [0.29, 0.717) is 5.15 Å². The number of halogens is 1. The second-order valence-corrected chi connectivity index (χ2v) is 5.69. The Morgan fingerprint density at radius 1 is 1.26 bits per heavy atom. The van der Waals surface area contributed by atoms with Crippen molar-refractivity contribution in [3.05, 3.63) is 40.6 Å². The molecule has 0 amide bonds. The van der Waals surface area contributed by atoms with Crippen LogP contribution in [-0.4, -0.2) is 17.1 Å². The maximum Gasteiger partial charge on any atom is 0.150 e. The maximum atomic E-state index is 6.12. The van der Waals surface area contributed by atoms with E-state index in [1.54, 1.807) is 18.4 Å². The summed E-state index contributed by atoms with van der Waals surface area (Å²) in [5.74, 6) is 0.830. The van der Waals surface area contributed by atoms with Crippen molar-refractivity contribution in [3.63, 3.8) is 0 Å². The molecular weight excluding hydrogens is 280 g/mol. The summed E-state index contributed by atoms with van der Waals surface area (Å²) in [6.07, 6.45) is 1.50. The molecule has 3 aromatic rings. The highest BCUT2D eigenvalue weighted by atomic mass is 35.5. The van der Waals surface area contributed by atoms with Crippen LogP contribution in [-0.2, 0) is 0 Å². The third-order valence-electron chi connectivity index (χ3n) is 2.96. The Morgan fingerprint density at radius 3 is 2.89 bits per heavy atom. The lowest BCUT2D eigenvalue weighted by atomic mass is 10.1. The lowest BCUT2D eigenvalue weighted by Crippen LogP contribution is -1.86. The molecule has 1 aromatic carbocycles. The van der Waals surface area contributed by atoms with E-state index in [0.717, 1.165) is 27.1 Å². The first kappa shape index (κ1) is 12.4. The van der Waals surface area contributed by atoms with Gasteiger partial charge in [-0.15, -0.1) is 11.3 Å². The Hall–Kier alpha value is -1.65. The number of rotatable bonds is 2. The molecule has 0 aliphatic heterocycles. The summed E-state index contributed by atoms with van der Waals surface area (Å²) in [6, 6.07) is 7.95. The Morgan fingerprint density at radius 2 is 2.11 bits per heavy atom. The molecule has 0 saturated carbocycles. The zero-order chi connectivity index (χ0) is 13.4. The van der Waals surface area contributed by atoms with Crippen molar-refractivity contribution in [2.75, 3.05) is 7.11 Å². The molecule has 0 aliphatic rings. The van der Waals surface area contributed by atoms with Gasteiger partial charge in [0.15, 0.2) is 0 Å². The van der Waals surface area contributed by atoms with Crippen LogP contribution in [0, 0.1) is 6.92 Å². The standard InChI is InChI=1S/C14H11ClN2OS/c1-8-11(9-4-3-5-10(6-9)18-2)12-13(19-8)14(15)17-7-16-12/h3-7H,1-2H3. The summed E-state index contributed by atoms with van der Waals surface area (Å²) in [5, 5.41) is 0.507. The van der Waals surface area contributed by atoms with Crippen molar-refractivity contribution in [3.8, 4) is 16.9 Å². The predicted molar refractivity (Wildman–Crippen MR) is 79.2 cm³/mol. The van der Waals surface area contributed by atoms with Crippen LogP contribution >= 0.6 is 22.9 Å². The van der Waals surface area contributed by atoms with Gasteiger partial charge >= 0.3 is 0 Å². The number of fused-ring (bicyclic) bond motifs is 1. The Balaban J connectivity index is 2.30. The summed E-state index contributed by atoms with van der Waals surface area (Å²) in [5.41, 5.74) is 3.08. The van der Waals surface area contributed by atoms with Gasteiger partial charge < -0.3 is 4.74 Å². The first-order chi connectivity index (χ1) is 9.20. The number of benzene rings is 1. The van der Waals surface area contributed by atoms with Crippen LogP contribution in [0.3, 0.4) is 0 Å².